The number of hydrogen-bond donors (Lipinski definition) is 0. The van der Waals surface area contributed by atoms with Gasteiger partial charge in [-0.25, -0.2) is 4.79 Å². The minimum Gasteiger partial charge on any atom is -0.465 e. The molecular weight excluding hydrogens is 276 g/mol. The van der Waals surface area contributed by atoms with Crippen LogP contribution in [0.2, 0.25) is 0 Å². The van der Waals surface area contributed by atoms with Gasteiger partial charge >= 0.3 is 5.97 Å². The van der Waals surface area contributed by atoms with E-state index < -0.39 is 10.9 Å². The number of non-ortho nitro benzene ring substituents is 1. The van der Waals surface area contributed by atoms with E-state index in [-0.39, 0.29) is 28.6 Å². The average Bonchev–Trinajstić information content (AvgIpc) is 2.44. The molecule has 0 fully saturated rings. The number of ether oxygens (including phenoxy) is 1. The minimum atomic E-state index is -0.723. The zero-order chi connectivity index (χ0) is 16.2. The van der Waals surface area contributed by atoms with Gasteiger partial charge in [0.15, 0.2) is 0 Å². The molecule has 0 saturated carbocycles. The summed E-state index contributed by atoms with van der Waals surface area (Å²) in [6.07, 6.45) is 0. The predicted octanol–water partition coefficient (Wildman–Crippen LogP) is 2.11. The highest BCUT2D eigenvalue weighted by molar-refractivity contribution is 5.98. The van der Waals surface area contributed by atoms with E-state index in [2.05, 4.69) is 4.74 Å². The SMILES string of the molecule is COC(=O)c1cc(C(=O)N(C)CC(C)C)cc([N+](=O)[O-])c1. The first kappa shape index (κ1) is 16.6. The predicted molar refractivity (Wildman–Crippen MR) is 76.2 cm³/mol. The molecule has 1 amide bonds. The summed E-state index contributed by atoms with van der Waals surface area (Å²) in [6, 6.07) is 3.55. The summed E-state index contributed by atoms with van der Waals surface area (Å²) in [5, 5.41) is 10.9. The fourth-order valence-corrected chi connectivity index (χ4v) is 1.93. The van der Waals surface area contributed by atoms with Gasteiger partial charge in [-0.1, -0.05) is 13.8 Å². The van der Waals surface area contributed by atoms with Crippen LogP contribution in [0.5, 0.6) is 0 Å². The highest BCUT2D eigenvalue weighted by Crippen LogP contribution is 2.19. The lowest BCUT2D eigenvalue weighted by molar-refractivity contribution is -0.384. The van der Waals surface area contributed by atoms with Crippen molar-refractivity contribution in [3.63, 3.8) is 0 Å². The zero-order valence-corrected chi connectivity index (χ0v) is 12.5. The van der Waals surface area contributed by atoms with Gasteiger partial charge in [0.25, 0.3) is 11.6 Å². The van der Waals surface area contributed by atoms with Crippen LogP contribution in [-0.2, 0) is 4.74 Å². The Morgan fingerprint density at radius 2 is 1.86 bits per heavy atom. The number of nitrogens with zero attached hydrogens (tertiary/aromatic N) is 2. The number of nitro benzene ring substituents is 1. The van der Waals surface area contributed by atoms with Crippen LogP contribution in [0, 0.1) is 16.0 Å². The summed E-state index contributed by atoms with van der Waals surface area (Å²) in [6.45, 7) is 4.42. The molecule has 114 valence electrons. The van der Waals surface area contributed by atoms with Crippen LogP contribution in [0.1, 0.15) is 34.6 Å². The molecule has 0 N–H and O–H groups in total. The minimum absolute atomic E-state index is 0.0204. The number of carbonyl (C=O) groups excluding carboxylic acids is 2. The van der Waals surface area contributed by atoms with Crippen molar-refractivity contribution in [3.8, 4) is 0 Å². The largest absolute Gasteiger partial charge is 0.465 e. The highest BCUT2D eigenvalue weighted by atomic mass is 16.6. The fraction of sp³-hybridized carbons (Fsp3) is 0.429. The summed E-state index contributed by atoms with van der Waals surface area (Å²) in [7, 11) is 2.78. The quantitative estimate of drug-likeness (QED) is 0.471. The van der Waals surface area contributed by atoms with Crippen LogP contribution in [0.3, 0.4) is 0 Å². The van der Waals surface area contributed by atoms with Gasteiger partial charge in [0.2, 0.25) is 0 Å². The van der Waals surface area contributed by atoms with Crippen LogP contribution in [0.15, 0.2) is 18.2 Å². The number of hydrogen-bond acceptors (Lipinski definition) is 5. The van der Waals surface area contributed by atoms with Gasteiger partial charge in [0.05, 0.1) is 17.6 Å². The molecule has 0 spiro atoms. The maximum Gasteiger partial charge on any atom is 0.338 e. The number of benzene rings is 1. The van der Waals surface area contributed by atoms with E-state index in [9.17, 15) is 19.7 Å². The number of esters is 1. The first-order valence-electron chi connectivity index (χ1n) is 6.39. The Kier molecular flexibility index (Phi) is 5.40. The van der Waals surface area contributed by atoms with E-state index in [1.807, 2.05) is 13.8 Å². The summed E-state index contributed by atoms with van der Waals surface area (Å²) < 4.78 is 4.54. The lowest BCUT2D eigenvalue weighted by atomic mass is 10.1. The van der Waals surface area contributed by atoms with Crippen molar-refractivity contribution in [2.75, 3.05) is 20.7 Å². The molecule has 1 aromatic carbocycles. The molecule has 0 saturated heterocycles. The molecule has 0 bridgehead atoms. The number of carbonyl (C=O) groups is 2. The van der Waals surface area contributed by atoms with E-state index in [1.165, 1.54) is 18.1 Å². The van der Waals surface area contributed by atoms with E-state index in [0.29, 0.717) is 6.54 Å². The third-order valence-corrected chi connectivity index (χ3v) is 2.78. The lowest BCUT2D eigenvalue weighted by Crippen LogP contribution is -2.30. The molecule has 1 aromatic rings. The van der Waals surface area contributed by atoms with Crippen LogP contribution in [-0.4, -0.2) is 42.4 Å². The van der Waals surface area contributed by atoms with Crippen molar-refractivity contribution in [3.05, 3.63) is 39.4 Å². The van der Waals surface area contributed by atoms with Gasteiger partial charge in [0, 0.05) is 31.3 Å². The van der Waals surface area contributed by atoms with Crippen molar-refractivity contribution in [1.82, 2.24) is 4.90 Å². The van der Waals surface area contributed by atoms with Gasteiger partial charge in [-0.3, -0.25) is 14.9 Å². The smallest absolute Gasteiger partial charge is 0.338 e. The summed E-state index contributed by atoms with van der Waals surface area (Å²) in [5.41, 5.74) is -0.250. The van der Waals surface area contributed by atoms with Crippen molar-refractivity contribution < 1.29 is 19.2 Å². The molecule has 0 atom stereocenters. The molecule has 21 heavy (non-hydrogen) atoms. The molecule has 0 aliphatic heterocycles. The Bertz CT molecular complexity index is 568. The molecule has 0 aliphatic rings. The Balaban J connectivity index is 3.22. The van der Waals surface area contributed by atoms with Crippen molar-refractivity contribution in [2.24, 2.45) is 5.92 Å². The second-order valence-electron chi connectivity index (χ2n) is 5.10. The van der Waals surface area contributed by atoms with Gasteiger partial charge in [-0.2, -0.15) is 0 Å². The molecular formula is C14H18N2O5. The number of nitro groups is 1. The maximum atomic E-state index is 12.3. The normalized spacial score (nSPS) is 10.3. The summed E-state index contributed by atoms with van der Waals surface area (Å²) in [5.74, 6) is -0.838. The molecule has 0 unspecified atom stereocenters. The average molecular weight is 294 g/mol. The van der Waals surface area contributed by atoms with E-state index in [4.69, 9.17) is 0 Å². The van der Waals surface area contributed by atoms with Gasteiger partial charge in [0.1, 0.15) is 0 Å². The molecule has 0 aromatic heterocycles. The van der Waals surface area contributed by atoms with Crippen LogP contribution < -0.4 is 0 Å². The third-order valence-electron chi connectivity index (χ3n) is 2.78. The first-order valence-corrected chi connectivity index (χ1v) is 6.39. The Labute approximate surface area is 122 Å². The van der Waals surface area contributed by atoms with Crippen molar-refractivity contribution in [1.29, 1.82) is 0 Å². The zero-order valence-electron chi connectivity index (χ0n) is 12.5. The third kappa shape index (κ3) is 4.27. The van der Waals surface area contributed by atoms with E-state index >= 15 is 0 Å². The van der Waals surface area contributed by atoms with Crippen molar-refractivity contribution in [2.45, 2.75) is 13.8 Å². The van der Waals surface area contributed by atoms with Gasteiger partial charge in [-0.05, 0) is 12.0 Å². The second-order valence-corrected chi connectivity index (χ2v) is 5.10. The molecule has 7 nitrogen and oxygen atoms in total. The second kappa shape index (κ2) is 6.83. The molecule has 0 aliphatic carbocycles. The number of rotatable bonds is 5. The molecule has 7 heteroatoms. The Morgan fingerprint density at radius 3 is 2.33 bits per heavy atom. The van der Waals surface area contributed by atoms with Crippen LogP contribution in [0.25, 0.3) is 0 Å². The number of methoxy groups -OCH3 is 1. The maximum absolute atomic E-state index is 12.3. The first-order chi connectivity index (χ1) is 9.76. The summed E-state index contributed by atoms with van der Waals surface area (Å²) >= 11 is 0. The standard InChI is InChI=1S/C14H18N2O5/c1-9(2)8-15(3)13(17)10-5-11(14(18)21-4)7-12(6-10)16(19)20/h5-7,9H,8H2,1-4H3. The lowest BCUT2D eigenvalue weighted by Gasteiger charge is -2.19. The highest BCUT2D eigenvalue weighted by Gasteiger charge is 2.20. The van der Waals surface area contributed by atoms with E-state index in [1.54, 1.807) is 7.05 Å². The van der Waals surface area contributed by atoms with Crippen molar-refractivity contribution >= 4 is 17.6 Å². The van der Waals surface area contributed by atoms with Crippen LogP contribution >= 0.6 is 0 Å². The Morgan fingerprint density at radius 1 is 1.29 bits per heavy atom. The van der Waals surface area contributed by atoms with Crippen LogP contribution in [0.4, 0.5) is 5.69 Å². The van der Waals surface area contributed by atoms with Gasteiger partial charge in [-0.15, -0.1) is 0 Å². The molecule has 0 heterocycles. The molecule has 0 radical (unpaired) electrons. The summed E-state index contributed by atoms with van der Waals surface area (Å²) in [4.78, 5) is 35.5. The van der Waals surface area contributed by atoms with Gasteiger partial charge < -0.3 is 9.64 Å². The topological polar surface area (TPSA) is 89.8 Å². The fourth-order valence-electron chi connectivity index (χ4n) is 1.93. The molecule has 1 rings (SSSR count). The Hall–Kier alpha value is -2.44. The van der Waals surface area contributed by atoms with E-state index in [0.717, 1.165) is 12.1 Å². The number of amides is 1. The monoisotopic (exact) mass is 294 g/mol.